The molecular formula is C45H26N2O2S2. The first-order chi connectivity index (χ1) is 25.1. The largest absolute Gasteiger partial charge is 0.290 e. The van der Waals surface area contributed by atoms with Gasteiger partial charge in [-0.1, -0.05) is 127 Å². The highest BCUT2D eigenvalue weighted by atomic mass is 32.2. The van der Waals surface area contributed by atoms with E-state index in [0.29, 0.717) is 33.0 Å². The van der Waals surface area contributed by atoms with Crippen LogP contribution in [0.5, 0.6) is 0 Å². The topological polar surface area (TPSA) is 52.0 Å². The average molecular weight is 691 g/mol. The summed E-state index contributed by atoms with van der Waals surface area (Å²) in [5, 5.41) is 6.69. The number of para-hydroxylation sites is 1. The fraction of sp³-hybridized carbons (Fsp3) is 0. The van der Waals surface area contributed by atoms with Crippen LogP contribution in [-0.4, -0.2) is 18.0 Å². The van der Waals surface area contributed by atoms with E-state index in [1.165, 1.54) is 20.2 Å². The van der Waals surface area contributed by atoms with Crippen molar-refractivity contribution in [2.45, 2.75) is 9.79 Å². The Morgan fingerprint density at radius 2 is 1.14 bits per heavy atom. The maximum absolute atomic E-state index is 14.9. The highest BCUT2D eigenvalue weighted by Gasteiger charge is 2.36. The van der Waals surface area contributed by atoms with E-state index in [2.05, 4.69) is 78.9 Å². The summed E-state index contributed by atoms with van der Waals surface area (Å²) in [4.78, 5) is 5.58. The van der Waals surface area contributed by atoms with Crippen LogP contribution < -0.4 is 0 Å². The van der Waals surface area contributed by atoms with Gasteiger partial charge < -0.3 is 0 Å². The molecule has 0 spiro atoms. The first-order valence-corrected chi connectivity index (χ1v) is 19.2. The number of imidazole rings is 1. The lowest BCUT2D eigenvalue weighted by atomic mass is 9.85. The highest BCUT2D eigenvalue weighted by Crippen LogP contribution is 2.50. The van der Waals surface area contributed by atoms with Crippen molar-refractivity contribution >= 4 is 73.9 Å². The van der Waals surface area contributed by atoms with E-state index in [9.17, 15) is 8.42 Å². The smallest absolute Gasteiger partial charge is 0.211 e. The molecule has 1 aliphatic heterocycles. The zero-order valence-electron chi connectivity index (χ0n) is 27.0. The predicted octanol–water partition coefficient (Wildman–Crippen LogP) is 11.8. The zero-order valence-corrected chi connectivity index (χ0v) is 28.7. The molecule has 8 aromatic carbocycles. The maximum atomic E-state index is 14.9. The van der Waals surface area contributed by atoms with Crippen molar-refractivity contribution in [1.29, 1.82) is 0 Å². The number of fused-ring (bicyclic) bond motifs is 7. The Labute approximate surface area is 297 Å². The molecule has 1 aliphatic rings. The molecule has 0 aliphatic carbocycles. The van der Waals surface area contributed by atoms with Gasteiger partial charge in [-0.15, -0.1) is 11.3 Å². The number of hydrogen-bond donors (Lipinski definition) is 0. The summed E-state index contributed by atoms with van der Waals surface area (Å²) in [6, 6.07) is 53.5. The molecule has 0 saturated carbocycles. The lowest BCUT2D eigenvalue weighted by molar-refractivity contribution is 0.595. The third kappa shape index (κ3) is 3.94. The molecule has 0 saturated heterocycles. The number of rotatable bonds is 3. The molecule has 3 heterocycles. The van der Waals surface area contributed by atoms with Crippen LogP contribution in [0.1, 0.15) is 0 Å². The summed E-state index contributed by atoms with van der Waals surface area (Å²) in [6.07, 6.45) is 0. The minimum absolute atomic E-state index is 0.275. The number of thiophene rings is 1. The maximum Gasteiger partial charge on any atom is 0.211 e. The third-order valence-electron chi connectivity index (χ3n) is 10.3. The first-order valence-electron chi connectivity index (χ1n) is 16.9. The molecule has 0 bridgehead atoms. The van der Waals surface area contributed by atoms with Crippen LogP contribution in [0.4, 0.5) is 0 Å². The minimum Gasteiger partial charge on any atom is -0.290 e. The molecule has 240 valence electrons. The van der Waals surface area contributed by atoms with E-state index < -0.39 is 9.84 Å². The molecule has 10 aromatic rings. The van der Waals surface area contributed by atoms with E-state index in [1.54, 1.807) is 12.1 Å². The van der Waals surface area contributed by atoms with Gasteiger partial charge in [0.15, 0.2) is 0 Å². The van der Waals surface area contributed by atoms with Crippen LogP contribution >= 0.6 is 11.3 Å². The second kappa shape index (κ2) is 10.5. The van der Waals surface area contributed by atoms with Crippen LogP contribution in [0.3, 0.4) is 0 Å². The van der Waals surface area contributed by atoms with Gasteiger partial charge in [-0.2, -0.15) is 0 Å². The van der Waals surface area contributed by atoms with Gasteiger partial charge in [0.1, 0.15) is 10.7 Å². The fourth-order valence-electron chi connectivity index (χ4n) is 8.23. The number of benzene rings is 8. The fourth-order valence-corrected chi connectivity index (χ4v) is 11.2. The van der Waals surface area contributed by atoms with Gasteiger partial charge in [0.05, 0.1) is 21.6 Å². The average Bonchev–Trinajstić information content (AvgIpc) is 3.75. The molecule has 0 fully saturated rings. The molecule has 4 nitrogen and oxygen atoms in total. The van der Waals surface area contributed by atoms with Gasteiger partial charge >= 0.3 is 0 Å². The normalized spacial score (nSPS) is 13.4. The predicted molar refractivity (Wildman–Crippen MR) is 211 cm³/mol. The van der Waals surface area contributed by atoms with E-state index in [4.69, 9.17) is 4.98 Å². The first kappa shape index (κ1) is 28.7. The van der Waals surface area contributed by atoms with Crippen LogP contribution in [0.15, 0.2) is 168 Å². The van der Waals surface area contributed by atoms with Crippen molar-refractivity contribution in [1.82, 2.24) is 9.55 Å². The van der Waals surface area contributed by atoms with E-state index in [-0.39, 0.29) is 4.90 Å². The molecule has 0 N–H and O–H groups in total. The SMILES string of the molecule is O=S1(=O)c2c(-c3c4ccccc4c(-c4ccc5c(c4)sc4ccccc45)c4ccccc34)cccc2-n2c(-c3ccccc3)nc3cccc1c32. The summed E-state index contributed by atoms with van der Waals surface area (Å²) >= 11 is 1.81. The molecule has 6 heteroatoms. The Hall–Kier alpha value is -6.08. The van der Waals surface area contributed by atoms with Gasteiger partial charge in [-0.3, -0.25) is 4.57 Å². The Morgan fingerprint density at radius 3 is 1.88 bits per heavy atom. The van der Waals surface area contributed by atoms with Gasteiger partial charge in [0.2, 0.25) is 9.84 Å². The summed E-state index contributed by atoms with van der Waals surface area (Å²) < 4.78 is 34.4. The summed E-state index contributed by atoms with van der Waals surface area (Å²) in [6.45, 7) is 0. The molecule has 0 radical (unpaired) electrons. The van der Waals surface area contributed by atoms with Crippen molar-refractivity contribution in [2.75, 3.05) is 0 Å². The Kier molecular flexibility index (Phi) is 5.90. The van der Waals surface area contributed by atoms with E-state index >= 15 is 0 Å². The second-order valence-corrected chi connectivity index (χ2v) is 16.0. The molecule has 2 aromatic heterocycles. The van der Waals surface area contributed by atoms with Gasteiger partial charge in [-0.05, 0) is 68.6 Å². The minimum atomic E-state index is -3.95. The second-order valence-electron chi connectivity index (χ2n) is 13.1. The van der Waals surface area contributed by atoms with Crippen molar-refractivity contribution < 1.29 is 8.42 Å². The summed E-state index contributed by atoms with van der Waals surface area (Å²) in [5.74, 6) is 0.716. The lowest BCUT2D eigenvalue weighted by Gasteiger charge is -2.25. The third-order valence-corrected chi connectivity index (χ3v) is 13.3. The number of sulfone groups is 1. The summed E-state index contributed by atoms with van der Waals surface area (Å²) in [7, 11) is -3.95. The van der Waals surface area contributed by atoms with E-state index in [1.807, 2.05) is 82.6 Å². The molecule has 0 unspecified atom stereocenters. The van der Waals surface area contributed by atoms with Crippen LogP contribution in [0.25, 0.3) is 92.1 Å². The summed E-state index contributed by atoms with van der Waals surface area (Å²) in [5.41, 5.74) is 6.67. The monoisotopic (exact) mass is 690 g/mol. The standard InChI is InChI=1S/C45H26N2O2S2/c48-51(49)40-23-11-20-36-43(40)47(45(46-36)27-12-2-1-3-13-27)37-21-10-19-35(44(37)51)42-33-17-6-4-15-31(33)41(32-16-5-7-18-34(32)42)28-24-25-30-29-14-8-9-22-38(29)50-39(30)26-28/h1-26H. The van der Waals surface area contributed by atoms with Crippen molar-refractivity contribution in [3.05, 3.63) is 158 Å². The van der Waals surface area contributed by atoms with Gasteiger partial charge in [0, 0.05) is 31.3 Å². The number of nitrogens with zero attached hydrogens (tertiary/aromatic N) is 2. The molecule has 11 rings (SSSR count). The van der Waals surface area contributed by atoms with E-state index in [0.717, 1.165) is 43.8 Å². The van der Waals surface area contributed by atoms with Gasteiger partial charge in [-0.25, -0.2) is 13.4 Å². The molecular weight excluding hydrogens is 665 g/mol. The van der Waals surface area contributed by atoms with Gasteiger partial charge in [0.25, 0.3) is 0 Å². The Morgan fingerprint density at radius 1 is 0.510 bits per heavy atom. The molecule has 0 atom stereocenters. The quantitative estimate of drug-likeness (QED) is 0.173. The Balaban J connectivity index is 1.24. The zero-order chi connectivity index (χ0) is 33.8. The van der Waals surface area contributed by atoms with Crippen molar-refractivity contribution in [3.8, 4) is 39.3 Å². The number of aromatic nitrogens is 2. The number of hydrogen-bond acceptors (Lipinski definition) is 4. The Bertz CT molecular complexity index is 3160. The highest BCUT2D eigenvalue weighted by molar-refractivity contribution is 7.92. The van der Waals surface area contributed by atoms with Crippen LogP contribution in [0, 0.1) is 0 Å². The van der Waals surface area contributed by atoms with Crippen LogP contribution in [-0.2, 0) is 9.84 Å². The molecule has 51 heavy (non-hydrogen) atoms. The molecule has 0 amide bonds. The van der Waals surface area contributed by atoms with Crippen molar-refractivity contribution in [3.63, 3.8) is 0 Å². The van der Waals surface area contributed by atoms with Crippen LogP contribution in [0.2, 0.25) is 0 Å². The van der Waals surface area contributed by atoms with Crippen molar-refractivity contribution in [2.24, 2.45) is 0 Å². The lowest BCUT2D eigenvalue weighted by Crippen LogP contribution is -2.16.